The zero-order chi connectivity index (χ0) is 25.6. The van der Waals surface area contributed by atoms with Gasteiger partial charge in [-0.2, -0.15) is 0 Å². The minimum absolute atomic E-state index is 0.528. The first kappa shape index (κ1) is 24.5. The maximum Gasteiger partial charge on any atom is 0.160 e. The lowest BCUT2D eigenvalue weighted by Gasteiger charge is -2.33. The molecule has 1 aliphatic carbocycles. The molecule has 0 aliphatic heterocycles. The molecule has 5 heteroatoms. The number of carbonyl (C=O) groups excluding carboxylic acids is 2. The Labute approximate surface area is 229 Å². The number of thiophene rings is 3. The summed E-state index contributed by atoms with van der Waals surface area (Å²) in [6, 6.07) is 22.1. The number of carbonyl (C=O) groups is 2. The predicted molar refractivity (Wildman–Crippen MR) is 158 cm³/mol. The van der Waals surface area contributed by atoms with Crippen LogP contribution >= 0.6 is 34.0 Å². The van der Waals surface area contributed by atoms with Crippen molar-refractivity contribution in [3.05, 3.63) is 104 Å². The fourth-order valence-corrected chi connectivity index (χ4v) is 9.52. The molecule has 0 amide bonds. The van der Waals surface area contributed by atoms with Gasteiger partial charge in [0.2, 0.25) is 0 Å². The van der Waals surface area contributed by atoms with Gasteiger partial charge in [-0.15, -0.1) is 34.0 Å². The minimum atomic E-state index is -0.528. The van der Waals surface area contributed by atoms with E-state index in [2.05, 4.69) is 68.4 Å². The maximum atomic E-state index is 11.9. The lowest BCUT2D eigenvalue weighted by atomic mass is 9.68. The summed E-state index contributed by atoms with van der Waals surface area (Å²) in [7, 11) is 0. The number of benzene rings is 2. The third-order valence-electron chi connectivity index (χ3n) is 7.54. The number of hydrogen-bond donors (Lipinski definition) is 0. The van der Waals surface area contributed by atoms with E-state index in [0.29, 0.717) is 0 Å². The lowest BCUT2D eigenvalue weighted by molar-refractivity contribution is 0.111. The van der Waals surface area contributed by atoms with Crippen LogP contribution in [-0.2, 0) is 11.8 Å². The van der Waals surface area contributed by atoms with Crippen LogP contribution in [0.25, 0.3) is 19.2 Å². The fraction of sp³-hybridized carbons (Fsp3) is 0.250. The van der Waals surface area contributed by atoms with Crippen LogP contribution in [0, 0.1) is 6.92 Å². The Balaban J connectivity index is 1.61. The Kier molecular flexibility index (Phi) is 6.47. The van der Waals surface area contributed by atoms with Crippen LogP contribution < -0.4 is 0 Å². The molecule has 2 aromatic carbocycles. The highest BCUT2D eigenvalue weighted by atomic mass is 32.1. The third kappa shape index (κ3) is 3.87. The molecule has 1 unspecified atom stereocenters. The molecule has 0 fully saturated rings. The number of fused-ring (bicyclic) bond motifs is 5. The second kappa shape index (κ2) is 9.79. The van der Waals surface area contributed by atoms with Crippen molar-refractivity contribution in [1.29, 1.82) is 0 Å². The average Bonchev–Trinajstić information content (AvgIpc) is 3.66. The average molecular weight is 541 g/mol. The SMILES string of the molecule is CCCCCCc1ccc(C2(c3ccc(C)cc3)c3cc(C=O)sc3-c3sc4cc(C=O)sc4c32)cc1. The second-order valence-electron chi connectivity index (χ2n) is 9.90. The van der Waals surface area contributed by atoms with E-state index in [1.807, 2.05) is 6.07 Å². The van der Waals surface area contributed by atoms with Crippen LogP contribution in [0.4, 0.5) is 0 Å². The highest BCUT2D eigenvalue weighted by Gasteiger charge is 2.50. The molecule has 186 valence electrons. The molecule has 3 heterocycles. The van der Waals surface area contributed by atoms with Crippen molar-refractivity contribution in [2.75, 3.05) is 0 Å². The first-order chi connectivity index (χ1) is 18.1. The van der Waals surface area contributed by atoms with E-state index in [0.717, 1.165) is 33.4 Å². The van der Waals surface area contributed by atoms with Crippen LogP contribution in [-0.4, -0.2) is 12.6 Å². The predicted octanol–water partition coefficient (Wildman–Crippen LogP) is 9.44. The molecule has 0 bridgehead atoms. The fourth-order valence-electron chi connectivity index (χ4n) is 5.76. The Morgan fingerprint density at radius 1 is 0.757 bits per heavy atom. The smallest absolute Gasteiger partial charge is 0.160 e. The maximum absolute atomic E-state index is 11.9. The zero-order valence-corrected chi connectivity index (χ0v) is 23.5. The number of unbranched alkanes of at least 4 members (excludes halogenated alkanes) is 3. The van der Waals surface area contributed by atoms with E-state index in [9.17, 15) is 9.59 Å². The summed E-state index contributed by atoms with van der Waals surface area (Å²) in [5, 5.41) is 0. The molecule has 37 heavy (non-hydrogen) atoms. The van der Waals surface area contributed by atoms with Crippen molar-refractivity contribution < 1.29 is 9.59 Å². The van der Waals surface area contributed by atoms with Gasteiger partial charge in [0.25, 0.3) is 0 Å². The van der Waals surface area contributed by atoms with Crippen molar-refractivity contribution in [2.45, 2.75) is 51.4 Å². The Hall–Kier alpha value is -2.86. The first-order valence-corrected chi connectivity index (χ1v) is 15.3. The molecular formula is C32H28O2S3. The van der Waals surface area contributed by atoms with Gasteiger partial charge in [-0.05, 0) is 54.2 Å². The van der Waals surface area contributed by atoms with E-state index < -0.39 is 5.41 Å². The highest BCUT2D eigenvalue weighted by molar-refractivity contribution is 7.32. The molecule has 1 atom stereocenters. The Morgan fingerprint density at radius 3 is 2.11 bits per heavy atom. The largest absolute Gasteiger partial charge is 0.297 e. The quantitative estimate of drug-likeness (QED) is 0.135. The summed E-state index contributed by atoms with van der Waals surface area (Å²) in [6.07, 6.45) is 8.05. The number of hydrogen-bond acceptors (Lipinski definition) is 5. The summed E-state index contributed by atoms with van der Waals surface area (Å²) >= 11 is 4.92. The molecule has 0 spiro atoms. The molecule has 0 saturated carbocycles. The van der Waals surface area contributed by atoms with Crippen LogP contribution in [0.2, 0.25) is 0 Å². The molecule has 0 N–H and O–H groups in total. The summed E-state index contributed by atoms with van der Waals surface area (Å²) in [6.45, 7) is 4.36. The standard InChI is InChI=1S/C32H28O2S3/c1-3-4-5-6-7-21-10-14-23(15-11-21)32(22-12-8-20(2)9-13-22)26-16-24(18-33)35-29(26)31-28(32)30-27(37-31)17-25(19-34)36-30/h8-19H,3-7H2,1-2H3. The highest BCUT2D eigenvalue weighted by Crippen LogP contribution is 2.63. The number of aldehydes is 2. The Bertz CT molecular complexity index is 1600. The van der Waals surface area contributed by atoms with Crippen LogP contribution in [0.1, 0.15) is 85.3 Å². The van der Waals surface area contributed by atoms with Crippen molar-refractivity contribution in [1.82, 2.24) is 0 Å². The molecule has 1 aliphatic rings. The minimum Gasteiger partial charge on any atom is -0.297 e. The van der Waals surface area contributed by atoms with Crippen molar-refractivity contribution in [3.8, 4) is 9.75 Å². The second-order valence-corrected chi connectivity index (χ2v) is 13.1. The van der Waals surface area contributed by atoms with Crippen molar-refractivity contribution in [2.24, 2.45) is 0 Å². The molecule has 5 aromatic rings. The van der Waals surface area contributed by atoms with Crippen LogP contribution in [0.5, 0.6) is 0 Å². The van der Waals surface area contributed by atoms with Crippen LogP contribution in [0.15, 0.2) is 60.7 Å². The number of rotatable bonds is 9. The topological polar surface area (TPSA) is 34.1 Å². The van der Waals surface area contributed by atoms with Crippen LogP contribution in [0.3, 0.4) is 0 Å². The third-order valence-corrected chi connectivity index (χ3v) is 11.1. The molecule has 0 radical (unpaired) electrons. The number of aryl methyl sites for hydroxylation is 2. The molecule has 3 aromatic heterocycles. The molecule has 6 rings (SSSR count). The van der Waals surface area contributed by atoms with Gasteiger partial charge in [0.15, 0.2) is 12.6 Å². The summed E-state index contributed by atoms with van der Waals surface area (Å²) in [5.41, 5.74) is 6.92. The summed E-state index contributed by atoms with van der Waals surface area (Å²) in [5.74, 6) is 0. The summed E-state index contributed by atoms with van der Waals surface area (Å²) < 4.78 is 2.33. The first-order valence-electron chi connectivity index (χ1n) is 12.9. The Morgan fingerprint density at radius 2 is 1.43 bits per heavy atom. The van der Waals surface area contributed by atoms with Crippen molar-refractivity contribution in [3.63, 3.8) is 0 Å². The van der Waals surface area contributed by atoms with Crippen molar-refractivity contribution >= 4 is 56.0 Å². The molecule has 0 saturated heterocycles. The lowest BCUT2D eigenvalue weighted by Crippen LogP contribution is -2.28. The van der Waals surface area contributed by atoms with Gasteiger partial charge in [-0.25, -0.2) is 0 Å². The van der Waals surface area contributed by atoms with E-state index >= 15 is 0 Å². The van der Waals surface area contributed by atoms with E-state index in [1.54, 1.807) is 34.0 Å². The van der Waals surface area contributed by atoms with E-state index in [-0.39, 0.29) is 0 Å². The molecule has 2 nitrogen and oxygen atoms in total. The van der Waals surface area contributed by atoms with Gasteiger partial charge < -0.3 is 0 Å². The van der Waals surface area contributed by atoms with Gasteiger partial charge >= 0.3 is 0 Å². The normalized spacial score (nSPS) is 16.2. The monoisotopic (exact) mass is 540 g/mol. The zero-order valence-electron chi connectivity index (χ0n) is 21.0. The van der Waals surface area contributed by atoms with Gasteiger partial charge in [-0.1, -0.05) is 80.3 Å². The van der Waals surface area contributed by atoms with Gasteiger partial charge in [0, 0.05) is 10.3 Å². The summed E-state index contributed by atoms with van der Waals surface area (Å²) in [4.78, 5) is 27.6. The molecular weight excluding hydrogens is 513 g/mol. The van der Waals surface area contributed by atoms with Gasteiger partial charge in [0.1, 0.15) is 0 Å². The van der Waals surface area contributed by atoms with E-state index in [1.165, 1.54) is 73.5 Å². The van der Waals surface area contributed by atoms with E-state index in [4.69, 9.17) is 0 Å². The van der Waals surface area contributed by atoms with Gasteiger partial charge in [-0.3, -0.25) is 9.59 Å². The van der Waals surface area contributed by atoms with Gasteiger partial charge in [0.05, 0.1) is 29.6 Å².